The van der Waals surface area contributed by atoms with E-state index in [0.717, 1.165) is 12.0 Å². The second-order valence-corrected chi connectivity index (χ2v) is 2.66. The van der Waals surface area contributed by atoms with Crippen LogP contribution >= 0.6 is 0 Å². The average Bonchev–Trinajstić information content (AvgIpc) is 2.34. The van der Waals surface area contributed by atoms with Gasteiger partial charge in [0, 0.05) is 0 Å². The largest absolute Gasteiger partial charge is 0.0795 e. The molecule has 0 heterocycles. The maximum atomic E-state index is 7.62. The van der Waals surface area contributed by atoms with Gasteiger partial charge in [-0.1, -0.05) is 30.3 Å². The Morgan fingerprint density at radius 3 is 3.20 bits per heavy atom. The first-order valence-corrected chi connectivity index (χ1v) is 3.54. The molecule has 0 N–H and O–H groups in total. The highest BCUT2D eigenvalue weighted by molar-refractivity contribution is 5.62. The van der Waals surface area contributed by atoms with Crippen molar-refractivity contribution < 1.29 is 1.37 Å². The van der Waals surface area contributed by atoms with E-state index in [1.807, 2.05) is 6.08 Å². The van der Waals surface area contributed by atoms with Crippen molar-refractivity contribution in [1.82, 2.24) is 0 Å². The van der Waals surface area contributed by atoms with E-state index in [1.165, 1.54) is 11.1 Å². The highest BCUT2D eigenvalue weighted by Crippen LogP contribution is 2.21. The van der Waals surface area contributed by atoms with Crippen molar-refractivity contribution in [3.05, 3.63) is 41.0 Å². The third kappa shape index (κ3) is 0.688. The number of hydrogen-bond donors (Lipinski definition) is 0. The van der Waals surface area contributed by atoms with Crippen LogP contribution in [-0.2, 0) is 6.42 Å². The van der Waals surface area contributed by atoms with Crippen molar-refractivity contribution >= 4 is 6.05 Å². The van der Waals surface area contributed by atoms with Gasteiger partial charge in [-0.3, -0.25) is 0 Å². The van der Waals surface area contributed by atoms with Crippen LogP contribution in [0.2, 0.25) is 0 Å². The van der Waals surface area contributed by atoms with Crippen LogP contribution in [0.3, 0.4) is 0 Å². The summed E-state index contributed by atoms with van der Waals surface area (Å²) in [6.07, 6.45) is 2.91. The van der Waals surface area contributed by atoms with Gasteiger partial charge in [-0.2, -0.15) is 0 Å². The van der Waals surface area contributed by atoms with Gasteiger partial charge in [-0.25, -0.2) is 0 Å². The molecule has 0 unspecified atom stereocenters. The first-order valence-electron chi connectivity index (χ1n) is 4.04. The predicted molar refractivity (Wildman–Crippen MR) is 43.9 cm³/mol. The first-order chi connectivity index (χ1) is 5.29. The maximum Gasteiger partial charge on any atom is 0.0626 e. The molecule has 2 rings (SSSR count). The summed E-state index contributed by atoms with van der Waals surface area (Å²) < 4.78 is 7.62. The third-order valence-electron chi connectivity index (χ3n) is 1.93. The van der Waals surface area contributed by atoms with Crippen LogP contribution < -0.4 is 0 Å². The Balaban J connectivity index is 2.67. The van der Waals surface area contributed by atoms with Crippen molar-refractivity contribution in [3.8, 4) is 0 Å². The van der Waals surface area contributed by atoms with E-state index < -0.39 is 0 Å². The lowest BCUT2D eigenvalue weighted by atomic mass is 10.1. The monoisotopic (exact) mass is 131 g/mol. The van der Waals surface area contributed by atoms with E-state index in [9.17, 15) is 0 Å². The molecule has 0 nitrogen and oxygen atoms in total. The fourth-order valence-corrected chi connectivity index (χ4v) is 1.37. The molecule has 1 aliphatic carbocycles. The van der Waals surface area contributed by atoms with Gasteiger partial charge in [-0.15, -0.1) is 0 Å². The zero-order chi connectivity index (χ0) is 7.84. The lowest BCUT2D eigenvalue weighted by Crippen LogP contribution is -1.83. The Morgan fingerprint density at radius 2 is 2.40 bits per heavy atom. The molecule has 0 bridgehead atoms. The molecule has 0 heteroatoms. The molecule has 0 amide bonds. The average molecular weight is 131 g/mol. The van der Waals surface area contributed by atoms with Crippen molar-refractivity contribution in [2.75, 3.05) is 0 Å². The molecular formula is C10H10. The van der Waals surface area contributed by atoms with E-state index in [4.69, 9.17) is 1.37 Å². The summed E-state index contributed by atoms with van der Waals surface area (Å²) in [5.41, 5.74) is 3.67. The number of allylic oxidation sites excluding steroid dienone is 1. The number of benzene rings is 1. The minimum Gasteiger partial charge on any atom is -0.0795 e. The topological polar surface area (TPSA) is 0 Å². The quantitative estimate of drug-likeness (QED) is 0.507. The second kappa shape index (κ2) is 1.98. The number of aryl methyl sites for hydroxylation is 1. The molecule has 1 aliphatic rings. The molecule has 0 saturated heterocycles. The molecular weight excluding hydrogens is 120 g/mol. The van der Waals surface area contributed by atoms with Crippen molar-refractivity contribution in [2.45, 2.75) is 13.3 Å². The molecule has 0 fully saturated rings. The minimum atomic E-state index is 0.693. The van der Waals surface area contributed by atoms with E-state index in [0.29, 0.717) is 6.05 Å². The van der Waals surface area contributed by atoms with Gasteiger partial charge in [0.25, 0.3) is 0 Å². The third-order valence-corrected chi connectivity index (χ3v) is 1.93. The predicted octanol–water partition coefficient (Wildman–Crippen LogP) is 2.56. The number of rotatable bonds is 0. The Labute approximate surface area is 62.6 Å². The minimum absolute atomic E-state index is 0.693. The van der Waals surface area contributed by atoms with Crippen LogP contribution in [0.4, 0.5) is 0 Å². The summed E-state index contributed by atoms with van der Waals surface area (Å²) in [6.45, 7) is 2.06. The van der Waals surface area contributed by atoms with Gasteiger partial charge in [0.05, 0.1) is 1.37 Å². The molecule has 0 spiro atoms. The molecule has 0 aromatic heterocycles. The number of fused-ring (bicyclic) bond motifs is 1. The van der Waals surface area contributed by atoms with E-state index in [2.05, 4.69) is 25.1 Å². The van der Waals surface area contributed by atoms with Gasteiger partial charge in [0.2, 0.25) is 0 Å². The normalized spacial score (nSPS) is 16.1. The van der Waals surface area contributed by atoms with Crippen LogP contribution in [-0.4, -0.2) is 0 Å². The fourth-order valence-electron chi connectivity index (χ4n) is 1.37. The summed E-state index contributed by atoms with van der Waals surface area (Å²) in [5.74, 6) is 0. The highest BCUT2D eigenvalue weighted by Gasteiger charge is 2.04. The Kier molecular flexibility index (Phi) is 0.935. The standard InChI is InChI=1S/C10H10/c1-8-4-2-5-9-6-3-7-10(8)9/h2-5,7H,6H2,1H3/i7D. The summed E-state index contributed by atoms with van der Waals surface area (Å²) in [6, 6.07) is 6.91. The van der Waals surface area contributed by atoms with Crippen LogP contribution in [0, 0.1) is 6.92 Å². The fraction of sp³-hybridized carbons (Fsp3) is 0.200. The molecule has 0 radical (unpaired) electrons. The zero-order valence-corrected chi connectivity index (χ0v) is 6.02. The molecule has 0 aliphatic heterocycles. The van der Waals surface area contributed by atoms with Crippen LogP contribution in [0.1, 0.15) is 18.1 Å². The Bertz CT molecular complexity index is 324. The van der Waals surface area contributed by atoms with Gasteiger partial charge in [0.15, 0.2) is 0 Å². The number of hydrogen-bond acceptors (Lipinski definition) is 0. The lowest BCUT2D eigenvalue weighted by Gasteiger charge is -2.00. The van der Waals surface area contributed by atoms with Crippen molar-refractivity contribution in [3.63, 3.8) is 0 Å². The highest BCUT2D eigenvalue weighted by atomic mass is 14.1. The summed E-state index contributed by atoms with van der Waals surface area (Å²) in [5, 5.41) is 0. The van der Waals surface area contributed by atoms with Crippen molar-refractivity contribution in [2.24, 2.45) is 0 Å². The molecule has 0 saturated carbocycles. The van der Waals surface area contributed by atoms with Crippen molar-refractivity contribution in [1.29, 1.82) is 0 Å². The van der Waals surface area contributed by atoms with Gasteiger partial charge < -0.3 is 0 Å². The van der Waals surface area contributed by atoms with E-state index >= 15 is 0 Å². The SMILES string of the molecule is [2H]C1=CCc2cccc(C)c21. The molecule has 50 valence electrons. The molecule has 1 aromatic rings. The lowest BCUT2D eigenvalue weighted by molar-refractivity contribution is 1.28. The summed E-state index contributed by atoms with van der Waals surface area (Å²) in [7, 11) is 0. The smallest absolute Gasteiger partial charge is 0.0626 e. The molecule has 0 atom stereocenters. The van der Waals surface area contributed by atoms with Gasteiger partial charge in [0.1, 0.15) is 0 Å². The van der Waals surface area contributed by atoms with Crippen LogP contribution in [0.25, 0.3) is 6.05 Å². The maximum absolute atomic E-state index is 7.62. The second-order valence-electron chi connectivity index (χ2n) is 2.66. The zero-order valence-electron chi connectivity index (χ0n) is 7.02. The Morgan fingerprint density at radius 1 is 1.50 bits per heavy atom. The Hall–Kier alpha value is -1.04. The van der Waals surface area contributed by atoms with Crippen LogP contribution in [0.15, 0.2) is 24.3 Å². The summed E-state index contributed by atoms with van der Waals surface area (Å²) in [4.78, 5) is 0. The molecule has 10 heavy (non-hydrogen) atoms. The van der Waals surface area contributed by atoms with E-state index in [1.54, 1.807) is 0 Å². The van der Waals surface area contributed by atoms with Crippen LogP contribution in [0.5, 0.6) is 0 Å². The van der Waals surface area contributed by atoms with Gasteiger partial charge in [-0.05, 0) is 30.0 Å². The molecule has 1 aromatic carbocycles. The summed E-state index contributed by atoms with van der Waals surface area (Å²) >= 11 is 0. The first kappa shape index (κ1) is 4.73. The van der Waals surface area contributed by atoms with E-state index in [-0.39, 0.29) is 0 Å². The van der Waals surface area contributed by atoms with Gasteiger partial charge >= 0.3 is 0 Å².